The van der Waals surface area contributed by atoms with Crippen molar-refractivity contribution in [1.82, 2.24) is 14.4 Å². The molecule has 19 heavy (non-hydrogen) atoms. The highest BCUT2D eigenvalue weighted by Crippen LogP contribution is 2.35. The Kier molecular flexibility index (Phi) is 2.40. The summed E-state index contributed by atoms with van der Waals surface area (Å²) >= 11 is 0. The van der Waals surface area contributed by atoms with Gasteiger partial charge in [-0.15, -0.1) is 12.4 Å². The maximum absolute atomic E-state index is 11.9. The molecule has 1 aliphatic carbocycles. The van der Waals surface area contributed by atoms with E-state index in [0.717, 1.165) is 34.6 Å². The topological polar surface area (TPSA) is 76.2 Å². The number of nitrogens with zero attached hydrogens (tertiary/aromatic N) is 2. The summed E-state index contributed by atoms with van der Waals surface area (Å²) in [5.74, 6) is 0. The molecule has 0 saturated carbocycles. The summed E-state index contributed by atoms with van der Waals surface area (Å²) < 4.78 is 1.85. The Labute approximate surface area is 114 Å². The largest absolute Gasteiger partial charge is 0.399 e. The van der Waals surface area contributed by atoms with Gasteiger partial charge < -0.3 is 10.7 Å². The molecule has 1 aromatic carbocycles. The third-order valence-corrected chi connectivity index (χ3v) is 3.42. The van der Waals surface area contributed by atoms with Gasteiger partial charge in [0.25, 0.3) is 5.56 Å². The van der Waals surface area contributed by atoms with Crippen LogP contribution in [0.25, 0.3) is 16.9 Å². The molecule has 2 heterocycles. The Hall–Kier alpha value is -2.27. The van der Waals surface area contributed by atoms with E-state index in [2.05, 4.69) is 9.97 Å². The summed E-state index contributed by atoms with van der Waals surface area (Å²) in [7, 11) is 0. The molecule has 0 aliphatic heterocycles. The van der Waals surface area contributed by atoms with Gasteiger partial charge in [0, 0.05) is 30.1 Å². The Morgan fingerprint density at radius 2 is 2.21 bits per heavy atom. The molecule has 1 aliphatic rings. The lowest BCUT2D eigenvalue weighted by Crippen LogP contribution is -2.13. The van der Waals surface area contributed by atoms with Gasteiger partial charge in [0.2, 0.25) is 5.65 Å². The van der Waals surface area contributed by atoms with Crippen LogP contribution in [0.1, 0.15) is 11.3 Å². The predicted molar refractivity (Wildman–Crippen MR) is 75.7 cm³/mol. The van der Waals surface area contributed by atoms with Crippen molar-refractivity contribution >= 4 is 23.7 Å². The molecule has 4 rings (SSSR count). The van der Waals surface area contributed by atoms with E-state index in [9.17, 15) is 4.79 Å². The van der Waals surface area contributed by atoms with Crippen LogP contribution in [-0.2, 0) is 6.42 Å². The first-order chi connectivity index (χ1) is 8.74. The van der Waals surface area contributed by atoms with Gasteiger partial charge in [-0.25, -0.2) is 4.98 Å². The van der Waals surface area contributed by atoms with Crippen molar-refractivity contribution in [2.45, 2.75) is 6.42 Å². The molecule has 6 heteroatoms. The van der Waals surface area contributed by atoms with Gasteiger partial charge in [0.15, 0.2) is 0 Å². The molecule has 96 valence electrons. The standard InChI is InChI=1S/C13H10N4O.ClH/c14-8-1-2-9-7(5-8)6-10-11(9)16-13(18)12-15-3-4-17(10)12;/h1-5H,6,14H2,(H,16,18);1H. The number of benzene rings is 1. The van der Waals surface area contributed by atoms with Gasteiger partial charge >= 0.3 is 0 Å². The van der Waals surface area contributed by atoms with Crippen LogP contribution in [-0.4, -0.2) is 14.4 Å². The van der Waals surface area contributed by atoms with Crippen LogP contribution in [0.2, 0.25) is 0 Å². The van der Waals surface area contributed by atoms with Crippen molar-refractivity contribution in [2.24, 2.45) is 0 Å². The van der Waals surface area contributed by atoms with E-state index in [4.69, 9.17) is 5.73 Å². The number of aromatic amines is 1. The molecule has 0 unspecified atom stereocenters. The number of rotatable bonds is 0. The monoisotopic (exact) mass is 274 g/mol. The van der Waals surface area contributed by atoms with E-state index in [1.807, 2.05) is 28.8 Å². The average Bonchev–Trinajstić information content (AvgIpc) is 2.93. The summed E-state index contributed by atoms with van der Waals surface area (Å²) in [5.41, 5.74) is 10.9. The number of aromatic nitrogens is 3. The van der Waals surface area contributed by atoms with E-state index >= 15 is 0 Å². The zero-order valence-electron chi connectivity index (χ0n) is 9.88. The van der Waals surface area contributed by atoms with Gasteiger partial charge in [0.1, 0.15) is 0 Å². The van der Waals surface area contributed by atoms with Gasteiger partial charge in [-0.2, -0.15) is 0 Å². The number of hydrogen-bond donors (Lipinski definition) is 2. The van der Waals surface area contributed by atoms with E-state index in [1.165, 1.54) is 0 Å². The smallest absolute Gasteiger partial charge is 0.292 e. The minimum absolute atomic E-state index is 0. The van der Waals surface area contributed by atoms with Crippen molar-refractivity contribution in [3.8, 4) is 11.3 Å². The van der Waals surface area contributed by atoms with E-state index < -0.39 is 0 Å². The zero-order chi connectivity index (χ0) is 12.3. The van der Waals surface area contributed by atoms with Crippen molar-refractivity contribution in [3.05, 3.63) is 52.2 Å². The van der Waals surface area contributed by atoms with Crippen LogP contribution < -0.4 is 11.3 Å². The Morgan fingerprint density at radius 3 is 3.05 bits per heavy atom. The number of anilines is 1. The summed E-state index contributed by atoms with van der Waals surface area (Å²) in [6, 6.07) is 5.76. The number of nitrogens with two attached hydrogens (primary N) is 1. The molecular weight excluding hydrogens is 264 g/mol. The molecule has 2 aromatic heterocycles. The van der Waals surface area contributed by atoms with Gasteiger partial charge in [-0.1, -0.05) is 6.07 Å². The first-order valence-electron chi connectivity index (χ1n) is 5.71. The molecule has 0 amide bonds. The van der Waals surface area contributed by atoms with E-state index in [-0.39, 0.29) is 18.0 Å². The fourth-order valence-corrected chi connectivity index (χ4v) is 2.63. The lowest BCUT2D eigenvalue weighted by atomic mass is 10.1. The lowest BCUT2D eigenvalue weighted by molar-refractivity contribution is 1.00. The fraction of sp³-hybridized carbons (Fsp3) is 0.0769. The first kappa shape index (κ1) is 11.8. The quantitative estimate of drug-likeness (QED) is 0.478. The SMILES string of the molecule is Cl.Nc1ccc2c(c1)Cc1c-2[nH]c(=O)c2nccn12. The Morgan fingerprint density at radius 1 is 1.37 bits per heavy atom. The van der Waals surface area contributed by atoms with Gasteiger partial charge in [-0.3, -0.25) is 9.20 Å². The molecule has 5 nitrogen and oxygen atoms in total. The van der Waals surface area contributed by atoms with Crippen molar-refractivity contribution in [2.75, 3.05) is 5.73 Å². The summed E-state index contributed by atoms with van der Waals surface area (Å²) in [6.07, 6.45) is 4.22. The summed E-state index contributed by atoms with van der Waals surface area (Å²) in [4.78, 5) is 18.9. The Balaban J connectivity index is 0.00000110. The second-order valence-electron chi connectivity index (χ2n) is 4.49. The number of hydrogen-bond acceptors (Lipinski definition) is 3. The van der Waals surface area contributed by atoms with E-state index in [0.29, 0.717) is 5.65 Å². The zero-order valence-corrected chi connectivity index (χ0v) is 10.7. The van der Waals surface area contributed by atoms with Crippen LogP contribution in [0, 0.1) is 0 Å². The average molecular weight is 275 g/mol. The first-order valence-corrected chi connectivity index (χ1v) is 5.71. The van der Waals surface area contributed by atoms with Crippen molar-refractivity contribution in [3.63, 3.8) is 0 Å². The minimum atomic E-state index is -0.163. The molecule has 0 bridgehead atoms. The number of fused-ring (bicyclic) bond motifs is 5. The molecular formula is C13H11ClN4O. The summed E-state index contributed by atoms with van der Waals surface area (Å²) in [5, 5.41) is 0. The third kappa shape index (κ3) is 1.48. The normalized spacial score (nSPS) is 12.0. The molecule has 3 aromatic rings. The molecule has 0 atom stereocenters. The number of imidazole rings is 1. The number of H-pyrrole nitrogens is 1. The second kappa shape index (κ2) is 3.86. The molecule has 0 saturated heterocycles. The van der Waals surface area contributed by atoms with Gasteiger partial charge in [0.05, 0.1) is 11.4 Å². The molecule has 3 N–H and O–H groups in total. The van der Waals surface area contributed by atoms with Crippen molar-refractivity contribution < 1.29 is 0 Å². The highest BCUT2D eigenvalue weighted by atomic mass is 35.5. The molecule has 0 radical (unpaired) electrons. The van der Waals surface area contributed by atoms with Crippen LogP contribution in [0.5, 0.6) is 0 Å². The Bertz CT molecular complexity index is 849. The van der Waals surface area contributed by atoms with Crippen LogP contribution in [0.4, 0.5) is 5.69 Å². The predicted octanol–water partition coefficient (Wildman–Crippen LogP) is 1.60. The summed E-state index contributed by atoms with van der Waals surface area (Å²) in [6.45, 7) is 0. The maximum atomic E-state index is 11.9. The van der Waals surface area contributed by atoms with Crippen LogP contribution >= 0.6 is 12.4 Å². The van der Waals surface area contributed by atoms with Gasteiger partial charge in [-0.05, 0) is 17.7 Å². The molecule has 0 spiro atoms. The minimum Gasteiger partial charge on any atom is -0.399 e. The van der Waals surface area contributed by atoms with Crippen LogP contribution in [0.3, 0.4) is 0 Å². The highest BCUT2D eigenvalue weighted by Gasteiger charge is 2.23. The second-order valence-corrected chi connectivity index (χ2v) is 4.49. The third-order valence-electron chi connectivity index (χ3n) is 3.42. The number of nitrogens with one attached hydrogen (secondary N) is 1. The highest BCUT2D eigenvalue weighted by molar-refractivity contribution is 5.85. The maximum Gasteiger partial charge on any atom is 0.292 e. The fourth-order valence-electron chi connectivity index (χ4n) is 2.63. The van der Waals surface area contributed by atoms with Crippen molar-refractivity contribution in [1.29, 1.82) is 0 Å². The van der Waals surface area contributed by atoms with E-state index in [1.54, 1.807) is 6.20 Å². The molecule has 0 fully saturated rings. The lowest BCUT2D eigenvalue weighted by Gasteiger charge is -2.03. The number of halogens is 1. The van der Waals surface area contributed by atoms with Crippen LogP contribution in [0.15, 0.2) is 35.4 Å². The number of nitrogen functional groups attached to an aromatic ring is 1.